The summed E-state index contributed by atoms with van der Waals surface area (Å²) in [6.45, 7) is 6.97. The minimum absolute atomic E-state index is 0.872. The van der Waals surface area contributed by atoms with E-state index in [1.807, 2.05) is 19.4 Å². The van der Waals surface area contributed by atoms with Gasteiger partial charge in [-0.15, -0.1) is 11.3 Å². The lowest BCUT2D eigenvalue weighted by Crippen LogP contribution is -2.18. The predicted octanol–water partition coefficient (Wildman–Crippen LogP) is 2.00. The fourth-order valence-corrected chi connectivity index (χ4v) is 2.38. The van der Waals surface area contributed by atoms with E-state index in [1.54, 1.807) is 11.3 Å². The van der Waals surface area contributed by atoms with Gasteiger partial charge in [0.2, 0.25) is 0 Å². The molecule has 0 saturated carbocycles. The van der Waals surface area contributed by atoms with Crippen molar-refractivity contribution in [3.63, 3.8) is 0 Å². The Labute approximate surface area is 106 Å². The van der Waals surface area contributed by atoms with Crippen molar-refractivity contribution in [2.45, 2.75) is 33.4 Å². The third kappa shape index (κ3) is 3.38. The number of imidazole rings is 1. The second kappa shape index (κ2) is 5.93. The normalized spacial score (nSPS) is 10.9. The van der Waals surface area contributed by atoms with Gasteiger partial charge in [0.15, 0.2) is 0 Å². The number of hydrogen-bond donors (Lipinski definition) is 1. The van der Waals surface area contributed by atoms with Gasteiger partial charge in [-0.1, -0.05) is 0 Å². The average molecular weight is 250 g/mol. The highest BCUT2D eigenvalue weighted by Gasteiger charge is 2.01. The maximum absolute atomic E-state index is 4.44. The van der Waals surface area contributed by atoms with Crippen LogP contribution in [0.3, 0.4) is 0 Å². The van der Waals surface area contributed by atoms with Gasteiger partial charge in [-0.2, -0.15) is 0 Å². The molecule has 2 aromatic rings. The summed E-state index contributed by atoms with van der Waals surface area (Å²) >= 11 is 1.71. The molecule has 0 fully saturated rings. The Morgan fingerprint density at radius 1 is 1.47 bits per heavy atom. The Hall–Kier alpha value is -1.20. The molecule has 92 valence electrons. The van der Waals surface area contributed by atoms with E-state index in [4.69, 9.17) is 0 Å². The molecular weight excluding hydrogens is 232 g/mol. The van der Waals surface area contributed by atoms with Gasteiger partial charge in [0.1, 0.15) is 0 Å². The van der Waals surface area contributed by atoms with Crippen LogP contribution in [0.4, 0.5) is 0 Å². The quantitative estimate of drug-likeness (QED) is 0.797. The molecule has 2 rings (SSSR count). The summed E-state index contributed by atoms with van der Waals surface area (Å²) in [5, 5.41) is 6.70. The third-order valence-corrected chi connectivity index (χ3v) is 3.49. The monoisotopic (exact) mass is 250 g/mol. The molecular formula is C12H18N4S. The Balaban J connectivity index is 1.73. The van der Waals surface area contributed by atoms with E-state index < -0.39 is 0 Å². The maximum Gasteiger partial charge on any atom is 0.0948 e. The van der Waals surface area contributed by atoms with Crippen LogP contribution < -0.4 is 5.32 Å². The van der Waals surface area contributed by atoms with Crippen molar-refractivity contribution in [1.82, 2.24) is 19.9 Å². The van der Waals surface area contributed by atoms with E-state index in [0.717, 1.165) is 31.1 Å². The summed E-state index contributed by atoms with van der Waals surface area (Å²) in [5.74, 6) is 0. The summed E-state index contributed by atoms with van der Waals surface area (Å²) in [6, 6.07) is 0. The number of thiazole rings is 1. The smallest absolute Gasteiger partial charge is 0.0948 e. The summed E-state index contributed by atoms with van der Waals surface area (Å²) in [5.41, 5.74) is 2.42. The highest BCUT2D eigenvalue weighted by Crippen LogP contribution is 2.07. The van der Waals surface area contributed by atoms with Crippen LogP contribution in [0, 0.1) is 6.92 Å². The molecule has 2 aromatic heterocycles. The molecule has 1 N–H and O–H groups in total. The maximum atomic E-state index is 4.44. The van der Waals surface area contributed by atoms with Crippen molar-refractivity contribution < 1.29 is 0 Å². The van der Waals surface area contributed by atoms with Crippen molar-refractivity contribution in [2.75, 3.05) is 6.54 Å². The first kappa shape index (κ1) is 12.3. The summed E-state index contributed by atoms with van der Waals surface area (Å²) < 4.78 is 2.15. The fraction of sp³-hybridized carbons (Fsp3) is 0.500. The molecule has 4 nitrogen and oxygen atoms in total. The molecule has 0 bridgehead atoms. The molecule has 0 aliphatic carbocycles. The number of hydrogen-bond acceptors (Lipinski definition) is 4. The Morgan fingerprint density at radius 3 is 3.06 bits per heavy atom. The first-order valence-corrected chi connectivity index (χ1v) is 6.78. The lowest BCUT2D eigenvalue weighted by atomic mass is 10.3. The van der Waals surface area contributed by atoms with E-state index in [0.29, 0.717) is 0 Å². The van der Waals surface area contributed by atoms with Crippen molar-refractivity contribution >= 4 is 11.3 Å². The first-order valence-electron chi connectivity index (χ1n) is 5.90. The van der Waals surface area contributed by atoms with Gasteiger partial charge >= 0.3 is 0 Å². The SMILES string of the molecule is CCn1cncc1CNCCc1csc(C)n1. The molecule has 0 radical (unpaired) electrons. The molecule has 17 heavy (non-hydrogen) atoms. The van der Waals surface area contributed by atoms with E-state index in [1.165, 1.54) is 11.4 Å². The van der Waals surface area contributed by atoms with Gasteiger partial charge in [-0.05, 0) is 13.8 Å². The number of aromatic nitrogens is 3. The van der Waals surface area contributed by atoms with Crippen molar-refractivity contribution in [2.24, 2.45) is 0 Å². The molecule has 0 aromatic carbocycles. The highest BCUT2D eigenvalue weighted by atomic mass is 32.1. The van der Waals surface area contributed by atoms with Gasteiger partial charge in [0.05, 0.1) is 22.7 Å². The van der Waals surface area contributed by atoms with E-state index in [2.05, 4.69) is 32.2 Å². The fourth-order valence-electron chi connectivity index (χ4n) is 1.74. The Bertz CT molecular complexity index is 461. The van der Waals surface area contributed by atoms with Crippen LogP contribution in [0.1, 0.15) is 23.3 Å². The van der Waals surface area contributed by atoms with E-state index in [-0.39, 0.29) is 0 Å². The van der Waals surface area contributed by atoms with Gasteiger partial charge in [0, 0.05) is 37.6 Å². The van der Waals surface area contributed by atoms with Gasteiger partial charge in [-0.3, -0.25) is 0 Å². The van der Waals surface area contributed by atoms with Crippen LogP contribution >= 0.6 is 11.3 Å². The summed E-state index contributed by atoms with van der Waals surface area (Å²) in [6.07, 6.45) is 4.79. The minimum Gasteiger partial charge on any atom is -0.334 e. The summed E-state index contributed by atoms with van der Waals surface area (Å²) in [4.78, 5) is 8.59. The van der Waals surface area contributed by atoms with Crippen LogP contribution in [-0.4, -0.2) is 21.1 Å². The van der Waals surface area contributed by atoms with Crippen LogP contribution in [0.25, 0.3) is 0 Å². The van der Waals surface area contributed by atoms with E-state index in [9.17, 15) is 0 Å². The first-order chi connectivity index (χ1) is 8.29. The lowest BCUT2D eigenvalue weighted by molar-refractivity contribution is 0.625. The molecule has 0 aliphatic heterocycles. The second-order valence-electron chi connectivity index (χ2n) is 3.96. The third-order valence-electron chi connectivity index (χ3n) is 2.67. The van der Waals surface area contributed by atoms with Crippen molar-refractivity contribution in [3.8, 4) is 0 Å². The van der Waals surface area contributed by atoms with Crippen LogP contribution in [-0.2, 0) is 19.5 Å². The predicted molar refractivity (Wildman–Crippen MR) is 70.2 cm³/mol. The minimum atomic E-state index is 0.872. The molecule has 2 heterocycles. The van der Waals surface area contributed by atoms with Gasteiger partial charge in [0.25, 0.3) is 0 Å². The molecule has 0 aliphatic rings. The zero-order chi connectivity index (χ0) is 12.1. The van der Waals surface area contributed by atoms with Crippen LogP contribution in [0.2, 0.25) is 0 Å². The zero-order valence-electron chi connectivity index (χ0n) is 10.3. The summed E-state index contributed by atoms with van der Waals surface area (Å²) in [7, 11) is 0. The molecule has 0 unspecified atom stereocenters. The number of aryl methyl sites for hydroxylation is 2. The Kier molecular flexibility index (Phi) is 4.28. The van der Waals surface area contributed by atoms with E-state index >= 15 is 0 Å². The molecule has 5 heteroatoms. The second-order valence-corrected chi connectivity index (χ2v) is 5.02. The van der Waals surface area contributed by atoms with Crippen LogP contribution in [0.5, 0.6) is 0 Å². The number of nitrogens with one attached hydrogen (secondary N) is 1. The molecule has 0 spiro atoms. The van der Waals surface area contributed by atoms with Crippen molar-refractivity contribution in [1.29, 1.82) is 0 Å². The molecule has 0 atom stereocenters. The highest BCUT2D eigenvalue weighted by molar-refractivity contribution is 7.09. The zero-order valence-corrected chi connectivity index (χ0v) is 11.1. The molecule has 0 saturated heterocycles. The molecule has 0 amide bonds. The van der Waals surface area contributed by atoms with Gasteiger partial charge < -0.3 is 9.88 Å². The topological polar surface area (TPSA) is 42.7 Å². The Morgan fingerprint density at radius 2 is 2.35 bits per heavy atom. The van der Waals surface area contributed by atoms with Gasteiger partial charge in [-0.25, -0.2) is 9.97 Å². The van der Waals surface area contributed by atoms with Crippen LogP contribution in [0.15, 0.2) is 17.9 Å². The number of rotatable bonds is 6. The largest absolute Gasteiger partial charge is 0.334 e. The standard InChI is InChI=1S/C12H18N4S/c1-3-16-9-14-7-12(16)6-13-5-4-11-8-17-10(2)15-11/h7-9,13H,3-6H2,1-2H3. The lowest BCUT2D eigenvalue weighted by Gasteiger charge is -2.06. The number of nitrogens with zero attached hydrogens (tertiary/aromatic N) is 3. The van der Waals surface area contributed by atoms with Crippen molar-refractivity contribution in [3.05, 3.63) is 34.3 Å². The average Bonchev–Trinajstić information content (AvgIpc) is 2.93.